The van der Waals surface area contributed by atoms with Crippen LogP contribution in [0.15, 0.2) is 48.7 Å². The molecule has 1 aromatic heterocycles. The highest BCUT2D eigenvalue weighted by Crippen LogP contribution is 2.41. The van der Waals surface area contributed by atoms with Gasteiger partial charge in [0.15, 0.2) is 0 Å². The van der Waals surface area contributed by atoms with Crippen LogP contribution in [-0.4, -0.2) is 54.3 Å². The number of anilines is 2. The molecule has 3 aromatic rings. The monoisotopic (exact) mass is 502 g/mol. The maximum atomic E-state index is 6.21. The second-order valence-electron chi connectivity index (χ2n) is 9.98. The molecule has 7 heteroatoms. The first kappa shape index (κ1) is 25.5. The molecular weight excluding hydrogens is 464 g/mol. The minimum atomic E-state index is 0.514. The number of nitrogens with zero attached hydrogens (tertiary/aromatic N) is 3. The maximum absolute atomic E-state index is 6.21. The van der Waals surface area contributed by atoms with Crippen molar-refractivity contribution in [3.05, 3.63) is 59.8 Å². The Balaban J connectivity index is 1.40. The van der Waals surface area contributed by atoms with Gasteiger partial charge in [-0.3, -0.25) is 0 Å². The standard InChI is InChI=1S/C30H38N4O3/c1-4-34(5-2)12-14-37-28-10-9-26-16-25(28)20-35-19-24-15-22(24)11-13-36-27-8-6-7-23(17-27)29-21(3)18-31-30(32-26)33-29/h6-10,16-18,22,24H,4-5,11-15,19-20H2,1-3H3,(H,31,32,33). The number of hydrogen-bond donors (Lipinski definition) is 1. The highest BCUT2D eigenvalue weighted by Gasteiger charge is 2.36. The Morgan fingerprint density at radius 1 is 1.11 bits per heavy atom. The van der Waals surface area contributed by atoms with Crippen LogP contribution in [0.1, 0.15) is 37.8 Å². The van der Waals surface area contributed by atoms with Gasteiger partial charge in [0.1, 0.15) is 18.1 Å². The number of aryl methyl sites for hydroxylation is 1. The maximum Gasteiger partial charge on any atom is 0.227 e. The number of fused-ring (bicyclic) bond motifs is 8. The Bertz CT molecular complexity index is 1200. The molecule has 0 radical (unpaired) electrons. The van der Waals surface area contributed by atoms with E-state index in [4.69, 9.17) is 19.2 Å². The number of rotatable bonds is 6. The second-order valence-corrected chi connectivity index (χ2v) is 9.98. The summed E-state index contributed by atoms with van der Waals surface area (Å²) in [6.45, 7) is 12.0. The average molecular weight is 503 g/mol. The first-order valence-corrected chi connectivity index (χ1v) is 13.5. The van der Waals surface area contributed by atoms with Crippen molar-refractivity contribution in [3.8, 4) is 22.8 Å². The van der Waals surface area contributed by atoms with Gasteiger partial charge in [-0.05, 0) is 80.6 Å². The van der Waals surface area contributed by atoms with Crippen LogP contribution in [0.25, 0.3) is 11.3 Å². The minimum Gasteiger partial charge on any atom is -0.494 e. The van der Waals surface area contributed by atoms with Crippen molar-refractivity contribution >= 4 is 11.6 Å². The topological polar surface area (TPSA) is 68.7 Å². The van der Waals surface area contributed by atoms with E-state index in [1.165, 1.54) is 6.42 Å². The Morgan fingerprint density at radius 2 is 2.00 bits per heavy atom. The Kier molecular flexibility index (Phi) is 8.21. The van der Waals surface area contributed by atoms with Crippen LogP contribution in [0.3, 0.4) is 0 Å². The number of benzene rings is 2. The second kappa shape index (κ2) is 11.9. The molecule has 37 heavy (non-hydrogen) atoms. The highest BCUT2D eigenvalue weighted by molar-refractivity contribution is 5.67. The number of nitrogens with one attached hydrogen (secondary N) is 1. The molecule has 6 bridgehead atoms. The number of likely N-dealkylation sites (N-methyl/N-ethyl adjacent to an activating group) is 1. The summed E-state index contributed by atoms with van der Waals surface area (Å²) >= 11 is 0. The van der Waals surface area contributed by atoms with E-state index in [-0.39, 0.29) is 0 Å². The van der Waals surface area contributed by atoms with E-state index >= 15 is 0 Å². The predicted molar refractivity (Wildman–Crippen MR) is 147 cm³/mol. The predicted octanol–water partition coefficient (Wildman–Crippen LogP) is 5.85. The van der Waals surface area contributed by atoms with Crippen molar-refractivity contribution in [3.63, 3.8) is 0 Å². The quantitative estimate of drug-likeness (QED) is 0.453. The van der Waals surface area contributed by atoms with Crippen molar-refractivity contribution in [2.45, 2.75) is 40.2 Å². The molecule has 0 saturated heterocycles. The van der Waals surface area contributed by atoms with Gasteiger partial charge in [-0.25, -0.2) is 9.97 Å². The fraction of sp³-hybridized carbons (Fsp3) is 0.467. The van der Waals surface area contributed by atoms with Gasteiger partial charge in [0.25, 0.3) is 0 Å². The first-order valence-electron chi connectivity index (χ1n) is 13.5. The molecule has 1 aliphatic heterocycles. The van der Waals surface area contributed by atoms with Crippen LogP contribution >= 0.6 is 0 Å². The van der Waals surface area contributed by atoms with Crippen LogP contribution in [-0.2, 0) is 11.3 Å². The van der Waals surface area contributed by atoms with Gasteiger partial charge < -0.3 is 24.4 Å². The zero-order chi connectivity index (χ0) is 25.6. The van der Waals surface area contributed by atoms with Gasteiger partial charge in [-0.1, -0.05) is 26.0 Å². The summed E-state index contributed by atoms with van der Waals surface area (Å²) in [5, 5.41) is 3.39. The van der Waals surface area contributed by atoms with Crippen molar-refractivity contribution in [1.29, 1.82) is 0 Å². The lowest BCUT2D eigenvalue weighted by molar-refractivity contribution is 0.104. The molecule has 7 nitrogen and oxygen atoms in total. The van der Waals surface area contributed by atoms with Crippen LogP contribution in [0.4, 0.5) is 11.6 Å². The van der Waals surface area contributed by atoms with Crippen LogP contribution in [0, 0.1) is 18.8 Å². The number of ether oxygens (including phenoxy) is 3. The summed E-state index contributed by atoms with van der Waals surface area (Å²) in [7, 11) is 0. The van der Waals surface area contributed by atoms with Gasteiger partial charge in [0.2, 0.25) is 5.95 Å². The molecule has 0 amide bonds. The smallest absolute Gasteiger partial charge is 0.227 e. The molecule has 0 spiro atoms. The third kappa shape index (κ3) is 6.59. The number of aromatic nitrogens is 2. The van der Waals surface area contributed by atoms with Crippen molar-refractivity contribution in [2.75, 3.05) is 44.8 Å². The largest absolute Gasteiger partial charge is 0.494 e. The average Bonchev–Trinajstić information content (AvgIpc) is 3.66. The van der Waals surface area contributed by atoms with Gasteiger partial charge in [0, 0.05) is 29.6 Å². The summed E-state index contributed by atoms with van der Waals surface area (Å²) in [6.07, 6.45) is 4.12. The fourth-order valence-corrected chi connectivity index (χ4v) is 4.91. The highest BCUT2D eigenvalue weighted by atomic mass is 16.5. The molecule has 196 valence electrons. The van der Waals surface area contributed by atoms with E-state index in [1.54, 1.807) is 0 Å². The van der Waals surface area contributed by atoms with Crippen molar-refractivity contribution in [2.24, 2.45) is 11.8 Å². The third-order valence-corrected chi connectivity index (χ3v) is 7.37. The minimum absolute atomic E-state index is 0.514. The summed E-state index contributed by atoms with van der Waals surface area (Å²) < 4.78 is 18.5. The molecule has 5 rings (SSSR count). The third-order valence-electron chi connectivity index (χ3n) is 7.37. The molecule has 2 heterocycles. The first-order chi connectivity index (χ1) is 18.1. The normalized spacial score (nSPS) is 19.1. The van der Waals surface area contributed by atoms with E-state index in [0.717, 1.165) is 72.2 Å². The van der Waals surface area contributed by atoms with Crippen molar-refractivity contribution in [1.82, 2.24) is 14.9 Å². The Hall–Kier alpha value is -3.16. The van der Waals surface area contributed by atoms with E-state index in [1.807, 2.05) is 37.4 Å². The zero-order valence-electron chi connectivity index (χ0n) is 22.2. The lowest BCUT2D eigenvalue weighted by Crippen LogP contribution is -2.28. The summed E-state index contributed by atoms with van der Waals surface area (Å²) in [5.41, 5.74) is 4.88. The van der Waals surface area contributed by atoms with Gasteiger partial charge >= 0.3 is 0 Å². The lowest BCUT2D eigenvalue weighted by Gasteiger charge is -2.19. The Morgan fingerprint density at radius 3 is 2.86 bits per heavy atom. The van der Waals surface area contributed by atoms with E-state index in [2.05, 4.69) is 47.2 Å². The van der Waals surface area contributed by atoms with E-state index in [9.17, 15) is 0 Å². The van der Waals surface area contributed by atoms with Crippen LogP contribution in [0.5, 0.6) is 11.5 Å². The molecule has 1 aliphatic carbocycles. The molecule has 2 aliphatic rings. The van der Waals surface area contributed by atoms with Crippen LogP contribution in [0.2, 0.25) is 0 Å². The van der Waals surface area contributed by atoms with Crippen molar-refractivity contribution < 1.29 is 14.2 Å². The summed E-state index contributed by atoms with van der Waals surface area (Å²) in [6, 6.07) is 14.3. The van der Waals surface area contributed by atoms with Crippen LogP contribution < -0.4 is 14.8 Å². The molecule has 2 unspecified atom stereocenters. The van der Waals surface area contributed by atoms with Gasteiger partial charge in [0.05, 0.1) is 25.5 Å². The molecule has 2 atom stereocenters. The van der Waals surface area contributed by atoms with E-state index < -0.39 is 0 Å². The summed E-state index contributed by atoms with van der Waals surface area (Å²) in [5.74, 6) is 3.58. The Labute approximate surface area is 220 Å². The molecule has 1 saturated carbocycles. The fourth-order valence-electron chi connectivity index (χ4n) is 4.91. The molecule has 1 fully saturated rings. The SMILES string of the molecule is CCN(CC)CCOc1ccc2cc1COCC1CC1CCOc1cccc(c1)-c1nc(ncc1C)N2. The lowest BCUT2D eigenvalue weighted by atomic mass is 10.1. The zero-order valence-corrected chi connectivity index (χ0v) is 22.2. The summed E-state index contributed by atoms with van der Waals surface area (Å²) in [4.78, 5) is 11.7. The molecule has 2 aromatic carbocycles. The molecular formula is C30H38N4O3. The molecule has 1 N–H and O–H groups in total. The van der Waals surface area contributed by atoms with Gasteiger partial charge in [-0.2, -0.15) is 0 Å². The van der Waals surface area contributed by atoms with Gasteiger partial charge in [-0.15, -0.1) is 0 Å². The number of hydrogen-bond acceptors (Lipinski definition) is 7. The van der Waals surface area contributed by atoms with E-state index in [0.29, 0.717) is 37.6 Å².